The third-order valence-electron chi connectivity index (χ3n) is 6.17. The molecule has 0 aliphatic carbocycles. The number of thiocarbonyl (C=S) groups is 1. The molecule has 0 aromatic heterocycles. The van der Waals surface area contributed by atoms with Crippen molar-refractivity contribution in [3.8, 4) is 17.2 Å². The first-order valence-corrected chi connectivity index (χ1v) is 12.1. The standard InChI is InChI=1S/C27H39N3O3S/c1-26(2)15-21(16-27(3,4)29-26)28-25(34)30(17-19-11-9-8-10-12-19)18-20-13-14-22(31-5)24(33-7)23(20)32-6/h8-14,21,29H,15-18H2,1-7H3,(H,28,34). The number of methoxy groups -OCH3 is 3. The number of rotatable bonds is 8. The quantitative estimate of drug-likeness (QED) is 0.516. The lowest BCUT2D eigenvalue weighted by Gasteiger charge is -2.47. The van der Waals surface area contributed by atoms with Crippen molar-refractivity contribution in [1.29, 1.82) is 0 Å². The molecule has 34 heavy (non-hydrogen) atoms. The summed E-state index contributed by atoms with van der Waals surface area (Å²) in [5.74, 6) is 1.88. The molecule has 1 saturated heterocycles. The fraction of sp³-hybridized carbons (Fsp3) is 0.519. The lowest BCUT2D eigenvalue weighted by Crippen LogP contribution is -2.62. The van der Waals surface area contributed by atoms with Gasteiger partial charge in [-0.2, -0.15) is 0 Å². The van der Waals surface area contributed by atoms with Crippen LogP contribution in [0.5, 0.6) is 17.2 Å². The van der Waals surface area contributed by atoms with Gasteiger partial charge in [0.1, 0.15) is 0 Å². The minimum atomic E-state index is 0.0336. The van der Waals surface area contributed by atoms with E-state index in [0.29, 0.717) is 30.3 Å². The Hall–Kier alpha value is -2.51. The molecule has 7 heteroatoms. The van der Waals surface area contributed by atoms with Crippen molar-refractivity contribution < 1.29 is 14.2 Å². The summed E-state index contributed by atoms with van der Waals surface area (Å²) in [4.78, 5) is 2.19. The number of hydrogen-bond donors (Lipinski definition) is 2. The number of nitrogens with zero attached hydrogens (tertiary/aromatic N) is 1. The highest BCUT2D eigenvalue weighted by Crippen LogP contribution is 2.40. The van der Waals surface area contributed by atoms with Crippen molar-refractivity contribution >= 4 is 17.3 Å². The van der Waals surface area contributed by atoms with Gasteiger partial charge in [-0.1, -0.05) is 30.3 Å². The molecule has 1 aliphatic heterocycles. The van der Waals surface area contributed by atoms with Crippen molar-refractivity contribution in [2.75, 3.05) is 21.3 Å². The van der Waals surface area contributed by atoms with Crippen LogP contribution in [-0.4, -0.2) is 48.5 Å². The summed E-state index contributed by atoms with van der Waals surface area (Å²) in [7, 11) is 4.90. The summed E-state index contributed by atoms with van der Waals surface area (Å²) in [6.45, 7) is 10.3. The first-order valence-electron chi connectivity index (χ1n) is 11.7. The van der Waals surface area contributed by atoms with E-state index in [9.17, 15) is 0 Å². The van der Waals surface area contributed by atoms with Gasteiger partial charge in [-0.05, 0) is 70.5 Å². The van der Waals surface area contributed by atoms with Gasteiger partial charge in [-0.25, -0.2) is 0 Å². The average molecular weight is 486 g/mol. The van der Waals surface area contributed by atoms with Gasteiger partial charge in [0.05, 0.1) is 21.3 Å². The number of nitrogens with one attached hydrogen (secondary N) is 2. The third kappa shape index (κ3) is 6.54. The fourth-order valence-corrected chi connectivity index (χ4v) is 5.48. The van der Waals surface area contributed by atoms with Gasteiger partial charge in [-0.3, -0.25) is 0 Å². The van der Waals surface area contributed by atoms with E-state index >= 15 is 0 Å². The smallest absolute Gasteiger partial charge is 0.203 e. The van der Waals surface area contributed by atoms with Crippen LogP contribution in [0, 0.1) is 0 Å². The number of benzene rings is 2. The zero-order chi connectivity index (χ0) is 24.9. The molecule has 2 aromatic rings. The molecular weight excluding hydrogens is 446 g/mol. The lowest BCUT2D eigenvalue weighted by molar-refractivity contribution is 0.153. The van der Waals surface area contributed by atoms with Crippen LogP contribution in [0.1, 0.15) is 51.7 Å². The highest BCUT2D eigenvalue weighted by molar-refractivity contribution is 7.80. The fourth-order valence-electron chi connectivity index (χ4n) is 5.19. The van der Waals surface area contributed by atoms with Crippen LogP contribution in [0.4, 0.5) is 0 Å². The summed E-state index contributed by atoms with van der Waals surface area (Å²) in [5, 5.41) is 8.16. The predicted molar refractivity (Wildman–Crippen MR) is 142 cm³/mol. The molecule has 1 fully saturated rings. The zero-order valence-electron chi connectivity index (χ0n) is 21.5. The predicted octanol–water partition coefficient (Wildman–Crippen LogP) is 4.90. The van der Waals surface area contributed by atoms with Crippen LogP contribution in [0.25, 0.3) is 0 Å². The van der Waals surface area contributed by atoms with E-state index in [0.717, 1.165) is 23.5 Å². The second-order valence-electron chi connectivity index (χ2n) is 10.3. The van der Waals surface area contributed by atoms with Gasteiger partial charge in [0.15, 0.2) is 16.6 Å². The minimum Gasteiger partial charge on any atom is -0.493 e. The molecule has 1 heterocycles. The molecular formula is C27H39N3O3S. The van der Waals surface area contributed by atoms with Crippen LogP contribution in [0.3, 0.4) is 0 Å². The molecule has 0 radical (unpaired) electrons. The summed E-state index contributed by atoms with van der Waals surface area (Å²) < 4.78 is 16.8. The van der Waals surface area contributed by atoms with Crippen molar-refractivity contribution in [3.05, 3.63) is 53.6 Å². The van der Waals surface area contributed by atoms with E-state index in [1.54, 1.807) is 21.3 Å². The Morgan fingerprint density at radius 2 is 1.53 bits per heavy atom. The Kier molecular flexibility index (Phi) is 8.31. The molecule has 3 rings (SSSR count). The van der Waals surface area contributed by atoms with E-state index in [-0.39, 0.29) is 17.1 Å². The van der Waals surface area contributed by atoms with Gasteiger partial charge < -0.3 is 29.7 Å². The number of piperidine rings is 1. The Morgan fingerprint density at radius 1 is 0.912 bits per heavy atom. The highest BCUT2D eigenvalue weighted by Gasteiger charge is 2.38. The lowest BCUT2D eigenvalue weighted by atomic mass is 9.80. The molecule has 0 spiro atoms. The minimum absolute atomic E-state index is 0.0336. The first kappa shape index (κ1) is 26.1. The van der Waals surface area contributed by atoms with Gasteiger partial charge >= 0.3 is 0 Å². The average Bonchev–Trinajstić information content (AvgIpc) is 2.76. The second-order valence-corrected chi connectivity index (χ2v) is 10.7. The second kappa shape index (κ2) is 10.8. The maximum Gasteiger partial charge on any atom is 0.203 e. The molecule has 0 unspecified atom stereocenters. The normalized spacial score (nSPS) is 17.0. The number of ether oxygens (including phenoxy) is 3. The van der Waals surface area contributed by atoms with Crippen LogP contribution in [-0.2, 0) is 13.1 Å². The largest absolute Gasteiger partial charge is 0.493 e. The van der Waals surface area contributed by atoms with Crippen molar-refractivity contribution in [2.24, 2.45) is 0 Å². The zero-order valence-corrected chi connectivity index (χ0v) is 22.3. The van der Waals surface area contributed by atoms with E-state index < -0.39 is 0 Å². The van der Waals surface area contributed by atoms with Gasteiger partial charge in [0, 0.05) is 35.8 Å². The maximum absolute atomic E-state index is 5.99. The Morgan fingerprint density at radius 3 is 2.09 bits per heavy atom. The summed E-state index contributed by atoms with van der Waals surface area (Å²) in [6.07, 6.45) is 1.99. The Balaban J connectivity index is 1.88. The molecule has 0 bridgehead atoms. The van der Waals surface area contributed by atoms with Crippen molar-refractivity contribution in [3.63, 3.8) is 0 Å². The third-order valence-corrected chi connectivity index (χ3v) is 6.54. The van der Waals surface area contributed by atoms with Crippen molar-refractivity contribution in [2.45, 2.75) is 70.7 Å². The first-order chi connectivity index (χ1) is 16.1. The van der Waals surface area contributed by atoms with Crippen LogP contribution < -0.4 is 24.8 Å². The molecule has 2 N–H and O–H groups in total. The maximum atomic E-state index is 5.99. The van der Waals surface area contributed by atoms with Crippen molar-refractivity contribution in [1.82, 2.24) is 15.5 Å². The highest BCUT2D eigenvalue weighted by atomic mass is 32.1. The summed E-state index contributed by atoms with van der Waals surface area (Å²) >= 11 is 5.99. The monoisotopic (exact) mass is 485 g/mol. The van der Waals surface area contributed by atoms with Crippen LogP contribution in [0.2, 0.25) is 0 Å². The van der Waals surface area contributed by atoms with E-state index in [4.69, 9.17) is 26.4 Å². The Labute approximate surface area is 210 Å². The molecule has 0 saturated carbocycles. The topological polar surface area (TPSA) is 55.0 Å². The van der Waals surface area contributed by atoms with Gasteiger partial charge in [0.25, 0.3) is 0 Å². The van der Waals surface area contributed by atoms with E-state index in [1.807, 2.05) is 18.2 Å². The molecule has 186 valence electrons. The van der Waals surface area contributed by atoms with Crippen LogP contribution >= 0.6 is 12.2 Å². The molecule has 0 atom stereocenters. The van der Waals surface area contributed by atoms with Gasteiger partial charge in [0.2, 0.25) is 5.75 Å². The van der Waals surface area contributed by atoms with E-state index in [2.05, 4.69) is 67.5 Å². The molecule has 0 amide bonds. The SMILES string of the molecule is COc1ccc(CN(Cc2ccccc2)C(=S)NC2CC(C)(C)NC(C)(C)C2)c(OC)c1OC. The molecule has 6 nitrogen and oxygen atoms in total. The molecule has 1 aliphatic rings. The number of hydrogen-bond acceptors (Lipinski definition) is 5. The van der Waals surface area contributed by atoms with E-state index in [1.165, 1.54) is 5.56 Å². The van der Waals surface area contributed by atoms with Crippen LogP contribution in [0.15, 0.2) is 42.5 Å². The molecule has 2 aromatic carbocycles. The summed E-state index contributed by atoms with van der Waals surface area (Å²) in [6, 6.07) is 14.6. The van der Waals surface area contributed by atoms with Gasteiger partial charge in [-0.15, -0.1) is 0 Å². The Bertz CT molecular complexity index is 963. The summed E-state index contributed by atoms with van der Waals surface area (Å²) in [5.41, 5.74) is 2.24.